The quantitative estimate of drug-likeness (QED) is 0.501. The van der Waals surface area contributed by atoms with E-state index >= 15 is 0 Å². The zero-order valence-electron chi connectivity index (χ0n) is 12.2. The molecule has 0 aromatic heterocycles. The molecule has 0 fully saturated rings. The van der Waals surface area contributed by atoms with Crippen LogP contribution in [0.3, 0.4) is 0 Å². The standard InChI is InChI=1S/C17H14O6/c1-22-15-10-11(2-8-14(15)18)3-9-16(19)23-13-6-4-12(5-7-13)17(20)21/h2-10,18H,1H3,(H,20,21). The highest BCUT2D eigenvalue weighted by Crippen LogP contribution is 2.26. The molecule has 118 valence electrons. The third kappa shape index (κ3) is 4.34. The van der Waals surface area contributed by atoms with E-state index in [0.717, 1.165) is 0 Å². The minimum atomic E-state index is -1.05. The topological polar surface area (TPSA) is 93.1 Å². The van der Waals surface area contributed by atoms with Crippen molar-refractivity contribution < 1.29 is 29.3 Å². The lowest BCUT2D eigenvalue weighted by Gasteiger charge is -2.04. The largest absolute Gasteiger partial charge is 0.504 e. The second-order valence-electron chi connectivity index (χ2n) is 4.52. The van der Waals surface area contributed by atoms with Gasteiger partial charge in [-0.15, -0.1) is 0 Å². The molecule has 2 rings (SSSR count). The zero-order chi connectivity index (χ0) is 16.8. The Morgan fingerprint density at radius 1 is 1.09 bits per heavy atom. The van der Waals surface area contributed by atoms with Crippen LogP contribution >= 0.6 is 0 Å². The van der Waals surface area contributed by atoms with E-state index in [4.69, 9.17) is 14.6 Å². The average molecular weight is 314 g/mol. The summed E-state index contributed by atoms with van der Waals surface area (Å²) in [5.41, 5.74) is 0.759. The lowest BCUT2D eigenvalue weighted by Crippen LogP contribution is -2.04. The number of aromatic hydroxyl groups is 1. The number of hydrogen-bond acceptors (Lipinski definition) is 5. The highest BCUT2D eigenvalue weighted by molar-refractivity contribution is 5.90. The van der Waals surface area contributed by atoms with Gasteiger partial charge in [-0.3, -0.25) is 0 Å². The van der Waals surface area contributed by atoms with Crippen molar-refractivity contribution in [3.63, 3.8) is 0 Å². The molecule has 0 aliphatic carbocycles. The first-order valence-corrected chi connectivity index (χ1v) is 6.60. The molecule has 0 amide bonds. The molecule has 0 bridgehead atoms. The van der Waals surface area contributed by atoms with Crippen LogP contribution < -0.4 is 9.47 Å². The Balaban J connectivity index is 2.02. The van der Waals surface area contributed by atoms with E-state index in [1.54, 1.807) is 12.1 Å². The number of phenolic OH excluding ortho intramolecular Hbond substituents is 1. The van der Waals surface area contributed by atoms with Gasteiger partial charge in [0.2, 0.25) is 0 Å². The first kappa shape index (κ1) is 16.1. The maximum Gasteiger partial charge on any atom is 0.336 e. The second-order valence-corrected chi connectivity index (χ2v) is 4.52. The summed E-state index contributed by atoms with van der Waals surface area (Å²) in [5, 5.41) is 18.3. The van der Waals surface area contributed by atoms with Crippen molar-refractivity contribution in [1.29, 1.82) is 0 Å². The number of hydrogen-bond donors (Lipinski definition) is 2. The SMILES string of the molecule is COc1cc(C=CC(=O)Oc2ccc(C(=O)O)cc2)ccc1O. The number of methoxy groups -OCH3 is 1. The summed E-state index contributed by atoms with van der Waals surface area (Å²) >= 11 is 0. The van der Waals surface area contributed by atoms with Gasteiger partial charge >= 0.3 is 11.9 Å². The van der Waals surface area contributed by atoms with Crippen molar-refractivity contribution in [3.8, 4) is 17.2 Å². The molecule has 0 unspecified atom stereocenters. The fourth-order valence-corrected chi connectivity index (χ4v) is 1.78. The smallest absolute Gasteiger partial charge is 0.336 e. The Morgan fingerprint density at radius 2 is 1.78 bits per heavy atom. The number of aromatic carboxylic acids is 1. The number of carbonyl (C=O) groups is 2. The molecule has 0 radical (unpaired) electrons. The van der Waals surface area contributed by atoms with E-state index in [0.29, 0.717) is 11.3 Å². The summed E-state index contributed by atoms with van der Waals surface area (Å²) < 4.78 is 10.0. The zero-order valence-corrected chi connectivity index (χ0v) is 12.2. The van der Waals surface area contributed by atoms with Gasteiger partial charge in [-0.2, -0.15) is 0 Å². The lowest BCUT2D eigenvalue weighted by molar-refractivity contribution is -0.128. The van der Waals surface area contributed by atoms with Crippen molar-refractivity contribution in [2.75, 3.05) is 7.11 Å². The Morgan fingerprint density at radius 3 is 2.39 bits per heavy atom. The molecule has 2 aromatic carbocycles. The first-order chi connectivity index (χ1) is 11.0. The number of esters is 1. The molecule has 6 nitrogen and oxygen atoms in total. The monoisotopic (exact) mass is 314 g/mol. The van der Waals surface area contributed by atoms with Crippen LogP contribution in [0, 0.1) is 0 Å². The van der Waals surface area contributed by atoms with Gasteiger partial charge < -0.3 is 19.7 Å². The molecule has 0 aliphatic rings. The van der Waals surface area contributed by atoms with E-state index < -0.39 is 11.9 Å². The van der Waals surface area contributed by atoms with Crippen molar-refractivity contribution in [1.82, 2.24) is 0 Å². The van der Waals surface area contributed by atoms with Crippen LogP contribution in [0.15, 0.2) is 48.5 Å². The molecule has 0 aliphatic heterocycles. The number of ether oxygens (including phenoxy) is 2. The predicted octanol–water partition coefficient (Wildman–Crippen LogP) is 2.72. The number of carboxylic acids is 1. The number of benzene rings is 2. The molecular weight excluding hydrogens is 300 g/mol. The molecular formula is C17H14O6. The minimum Gasteiger partial charge on any atom is -0.504 e. The Hall–Kier alpha value is -3.28. The van der Waals surface area contributed by atoms with Crippen LogP contribution in [0.4, 0.5) is 0 Å². The van der Waals surface area contributed by atoms with Crippen LogP contribution in [0.5, 0.6) is 17.2 Å². The summed E-state index contributed by atoms with van der Waals surface area (Å²) in [4.78, 5) is 22.4. The van der Waals surface area contributed by atoms with Gasteiger partial charge in [0.25, 0.3) is 0 Å². The number of carboxylic acid groups (broad SMARTS) is 1. The Kier molecular flexibility index (Phi) is 4.99. The third-order valence-corrected chi connectivity index (χ3v) is 2.94. The van der Waals surface area contributed by atoms with Gasteiger partial charge in [0.05, 0.1) is 12.7 Å². The van der Waals surface area contributed by atoms with Crippen LogP contribution in [0.1, 0.15) is 15.9 Å². The number of carbonyl (C=O) groups excluding carboxylic acids is 1. The molecule has 2 aromatic rings. The molecule has 0 spiro atoms. The van der Waals surface area contributed by atoms with E-state index in [9.17, 15) is 14.7 Å². The summed E-state index contributed by atoms with van der Waals surface area (Å²) in [6.45, 7) is 0. The van der Waals surface area contributed by atoms with Crippen LogP contribution in [0.25, 0.3) is 6.08 Å². The summed E-state index contributed by atoms with van der Waals surface area (Å²) in [6.07, 6.45) is 2.73. The third-order valence-electron chi connectivity index (χ3n) is 2.94. The van der Waals surface area contributed by atoms with Gasteiger partial charge in [-0.25, -0.2) is 9.59 Å². The fourth-order valence-electron chi connectivity index (χ4n) is 1.78. The van der Waals surface area contributed by atoms with Gasteiger partial charge in [-0.1, -0.05) is 6.07 Å². The summed E-state index contributed by atoms with van der Waals surface area (Å²) in [5.74, 6) is -1.12. The normalized spacial score (nSPS) is 10.5. The summed E-state index contributed by atoms with van der Waals surface area (Å²) in [7, 11) is 1.43. The van der Waals surface area contributed by atoms with Crippen molar-refractivity contribution in [2.45, 2.75) is 0 Å². The fraction of sp³-hybridized carbons (Fsp3) is 0.0588. The van der Waals surface area contributed by atoms with Crippen molar-refractivity contribution >= 4 is 18.0 Å². The number of phenols is 1. The molecule has 0 atom stereocenters. The van der Waals surface area contributed by atoms with E-state index in [1.165, 1.54) is 49.6 Å². The van der Waals surface area contributed by atoms with Gasteiger partial charge in [0.1, 0.15) is 5.75 Å². The number of rotatable bonds is 5. The Bertz CT molecular complexity index is 746. The van der Waals surface area contributed by atoms with E-state index in [2.05, 4.69) is 0 Å². The summed E-state index contributed by atoms with van der Waals surface area (Å²) in [6, 6.07) is 10.1. The van der Waals surface area contributed by atoms with E-state index in [-0.39, 0.29) is 17.1 Å². The minimum absolute atomic E-state index is 0.00532. The van der Waals surface area contributed by atoms with Crippen LogP contribution in [-0.4, -0.2) is 29.3 Å². The van der Waals surface area contributed by atoms with Crippen LogP contribution in [-0.2, 0) is 4.79 Å². The maximum absolute atomic E-state index is 11.7. The molecule has 0 saturated carbocycles. The highest BCUT2D eigenvalue weighted by atomic mass is 16.5. The average Bonchev–Trinajstić information content (AvgIpc) is 2.54. The first-order valence-electron chi connectivity index (χ1n) is 6.60. The van der Waals surface area contributed by atoms with E-state index in [1.807, 2.05) is 0 Å². The lowest BCUT2D eigenvalue weighted by atomic mass is 10.2. The van der Waals surface area contributed by atoms with Crippen molar-refractivity contribution in [2.24, 2.45) is 0 Å². The molecule has 6 heteroatoms. The Labute approximate surface area is 132 Å². The second kappa shape index (κ2) is 7.13. The molecule has 0 heterocycles. The van der Waals surface area contributed by atoms with Crippen LogP contribution in [0.2, 0.25) is 0 Å². The maximum atomic E-state index is 11.7. The molecule has 2 N–H and O–H groups in total. The van der Waals surface area contributed by atoms with Crippen molar-refractivity contribution in [3.05, 3.63) is 59.7 Å². The molecule has 23 heavy (non-hydrogen) atoms. The van der Waals surface area contributed by atoms with Gasteiger partial charge in [0, 0.05) is 6.08 Å². The highest BCUT2D eigenvalue weighted by Gasteiger charge is 2.05. The van der Waals surface area contributed by atoms with Gasteiger partial charge in [-0.05, 0) is 48.0 Å². The molecule has 0 saturated heterocycles. The van der Waals surface area contributed by atoms with Gasteiger partial charge in [0.15, 0.2) is 11.5 Å². The predicted molar refractivity (Wildman–Crippen MR) is 82.7 cm³/mol.